The van der Waals surface area contributed by atoms with Crippen molar-refractivity contribution in [2.45, 2.75) is 40.0 Å². The molecule has 0 nitrogen and oxygen atoms in total. The van der Waals surface area contributed by atoms with Crippen molar-refractivity contribution in [2.75, 3.05) is 0 Å². The topological polar surface area (TPSA) is 0 Å². The molecule has 0 fully saturated rings. The van der Waals surface area contributed by atoms with Gasteiger partial charge in [-0.25, -0.2) is 0 Å². The van der Waals surface area contributed by atoms with E-state index in [-0.39, 0.29) is 5.41 Å². The SMILES string of the molecule is C[C](C)c1cccc(C(C)(C)C)c1. The highest BCUT2D eigenvalue weighted by molar-refractivity contribution is 5.35. The van der Waals surface area contributed by atoms with Crippen LogP contribution < -0.4 is 0 Å². The zero-order valence-corrected chi connectivity index (χ0v) is 9.31. The molecule has 0 bridgehead atoms. The molecule has 0 atom stereocenters. The lowest BCUT2D eigenvalue weighted by atomic mass is 9.85. The van der Waals surface area contributed by atoms with Crippen molar-refractivity contribution in [2.24, 2.45) is 0 Å². The van der Waals surface area contributed by atoms with Crippen molar-refractivity contribution in [3.05, 3.63) is 41.3 Å². The Morgan fingerprint density at radius 2 is 1.69 bits per heavy atom. The van der Waals surface area contributed by atoms with E-state index in [1.807, 2.05) is 0 Å². The van der Waals surface area contributed by atoms with Crippen molar-refractivity contribution >= 4 is 0 Å². The van der Waals surface area contributed by atoms with Crippen molar-refractivity contribution < 1.29 is 0 Å². The molecule has 0 saturated carbocycles. The maximum atomic E-state index is 2.29. The highest BCUT2D eigenvalue weighted by Crippen LogP contribution is 2.24. The van der Waals surface area contributed by atoms with E-state index in [2.05, 4.69) is 58.9 Å². The lowest BCUT2D eigenvalue weighted by Crippen LogP contribution is -2.11. The van der Waals surface area contributed by atoms with Crippen LogP contribution in [-0.2, 0) is 5.41 Å². The van der Waals surface area contributed by atoms with Crippen LogP contribution in [0.5, 0.6) is 0 Å². The zero-order chi connectivity index (χ0) is 10.1. The molecule has 1 aromatic carbocycles. The Morgan fingerprint density at radius 1 is 1.08 bits per heavy atom. The molecule has 71 valence electrons. The molecule has 1 aromatic rings. The highest BCUT2D eigenvalue weighted by atomic mass is 14.2. The fraction of sp³-hybridized carbons (Fsp3) is 0.462. The van der Waals surface area contributed by atoms with Gasteiger partial charge in [-0.3, -0.25) is 0 Å². The van der Waals surface area contributed by atoms with Gasteiger partial charge in [0.25, 0.3) is 0 Å². The van der Waals surface area contributed by atoms with Crippen molar-refractivity contribution in [3.8, 4) is 0 Å². The monoisotopic (exact) mass is 175 g/mol. The molecule has 0 N–H and O–H groups in total. The van der Waals surface area contributed by atoms with Crippen molar-refractivity contribution in [3.63, 3.8) is 0 Å². The summed E-state index contributed by atoms with van der Waals surface area (Å²) < 4.78 is 0. The summed E-state index contributed by atoms with van der Waals surface area (Å²) in [4.78, 5) is 0. The summed E-state index contributed by atoms with van der Waals surface area (Å²) in [5, 5.41) is 0. The summed E-state index contributed by atoms with van der Waals surface area (Å²) in [6.07, 6.45) is 0. The van der Waals surface area contributed by atoms with E-state index in [1.54, 1.807) is 0 Å². The largest absolute Gasteiger partial charge is 0.0617 e. The Kier molecular flexibility index (Phi) is 2.80. The number of hydrogen-bond donors (Lipinski definition) is 0. The number of rotatable bonds is 1. The lowest BCUT2D eigenvalue weighted by Gasteiger charge is -2.20. The third kappa shape index (κ3) is 2.58. The third-order valence-corrected chi connectivity index (χ3v) is 2.31. The lowest BCUT2D eigenvalue weighted by molar-refractivity contribution is 0.589. The standard InChI is InChI=1S/C13H19/c1-10(2)11-7-6-8-12(9-11)13(3,4)5/h6-9H,1-5H3. The van der Waals surface area contributed by atoms with Crippen LogP contribution in [-0.4, -0.2) is 0 Å². The van der Waals surface area contributed by atoms with Gasteiger partial charge in [0.2, 0.25) is 0 Å². The van der Waals surface area contributed by atoms with E-state index >= 15 is 0 Å². The van der Waals surface area contributed by atoms with Crippen LogP contribution in [0, 0.1) is 5.92 Å². The molecule has 0 amide bonds. The highest BCUT2D eigenvalue weighted by Gasteiger charge is 2.13. The molecule has 0 aliphatic heterocycles. The summed E-state index contributed by atoms with van der Waals surface area (Å²) in [6.45, 7) is 11.1. The molecule has 0 aromatic heterocycles. The molecular formula is C13H19. The summed E-state index contributed by atoms with van der Waals surface area (Å²) >= 11 is 0. The molecule has 1 radical (unpaired) electrons. The van der Waals surface area contributed by atoms with E-state index in [4.69, 9.17) is 0 Å². The molecule has 0 unspecified atom stereocenters. The van der Waals surface area contributed by atoms with E-state index in [9.17, 15) is 0 Å². The van der Waals surface area contributed by atoms with E-state index in [0.29, 0.717) is 0 Å². The van der Waals surface area contributed by atoms with Crippen LogP contribution >= 0.6 is 0 Å². The Hall–Kier alpha value is -0.780. The molecule has 0 aliphatic rings. The van der Waals surface area contributed by atoms with Crippen LogP contribution in [0.3, 0.4) is 0 Å². The van der Waals surface area contributed by atoms with E-state index < -0.39 is 0 Å². The van der Waals surface area contributed by atoms with Gasteiger partial charge < -0.3 is 0 Å². The molecule has 0 heteroatoms. The fourth-order valence-electron chi connectivity index (χ4n) is 1.30. The summed E-state index contributed by atoms with van der Waals surface area (Å²) in [5.41, 5.74) is 3.02. The zero-order valence-electron chi connectivity index (χ0n) is 9.31. The fourth-order valence-corrected chi connectivity index (χ4v) is 1.30. The first kappa shape index (κ1) is 10.3. The first-order valence-electron chi connectivity index (χ1n) is 4.82. The Labute approximate surface area is 82.0 Å². The average Bonchev–Trinajstić information content (AvgIpc) is 2.03. The normalized spacial score (nSPS) is 12.2. The molecule has 13 heavy (non-hydrogen) atoms. The van der Waals surface area contributed by atoms with Crippen LogP contribution in [0.4, 0.5) is 0 Å². The van der Waals surface area contributed by atoms with Crippen LogP contribution in [0.1, 0.15) is 45.7 Å². The Balaban J connectivity index is 3.06. The summed E-state index contributed by atoms with van der Waals surface area (Å²) in [6, 6.07) is 8.80. The van der Waals surface area contributed by atoms with Gasteiger partial charge in [-0.05, 0) is 22.5 Å². The molecule has 0 saturated heterocycles. The smallest absolute Gasteiger partial charge is 0.00119 e. The second-order valence-electron chi connectivity index (χ2n) is 4.83. The molecule has 0 heterocycles. The minimum Gasteiger partial charge on any atom is -0.0617 e. The second kappa shape index (κ2) is 3.53. The summed E-state index contributed by atoms with van der Waals surface area (Å²) in [7, 11) is 0. The predicted octanol–water partition coefficient (Wildman–Crippen LogP) is 3.95. The van der Waals surface area contributed by atoms with Gasteiger partial charge in [0.05, 0.1) is 0 Å². The van der Waals surface area contributed by atoms with Gasteiger partial charge in [-0.2, -0.15) is 0 Å². The molecule has 0 aliphatic carbocycles. The minimum absolute atomic E-state index is 0.255. The van der Waals surface area contributed by atoms with Crippen LogP contribution in [0.15, 0.2) is 24.3 Å². The van der Waals surface area contributed by atoms with Gasteiger partial charge >= 0.3 is 0 Å². The molecule has 0 spiro atoms. The van der Waals surface area contributed by atoms with Crippen molar-refractivity contribution in [1.29, 1.82) is 0 Å². The molecular weight excluding hydrogens is 156 g/mol. The maximum Gasteiger partial charge on any atom is -0.00119 e. The van der Waals surface area contributed by atoms with Gasteiger partial charge in [-0.1, -0.05) is 58.9 Å². The second-order valence-corrected chi connectivity index (χ2v) is 4.83. The first-order valence-corrected chi connectivity index (χ1v) is 4.82. The van der Waals surface area contributed by atoms with Gasteiger partial charge in [0, 0.05) is 0 Å². The molecule has 1 rings (SSSR count). The maximum absolute atomic E-state index is 2.29. The third-order valence-electron chi connectivity index (χ3n) is 2.31. The van der Waals surface area contributed by atoms with Gasteiger partial charge in [-0.15, -0.1) is 0 Å². The summed E-state index contributed by atoms with van der Waals surface area (Å²) in [5.74, 6) is 1.38. The Morgan fingerprint density at radius 3 is 2.15 bits per heavy atom. The van der Waals surface area contributed by atoms with Crippen LogP contribution in [0.2, 0.25) is 0 Å². The number of hydrogen-bond acceptors (Lipinski definition) is 0. The van der Waals surface area contributed by atoms with Gasteiger partial charge in [0.15, 0.2) is 0 Å². The average molecular weight is 175 g/mol. The quantitative estimate of drug-likeness (QED) is 0.606. The minimum atomic E-state index is 0.255. The van der Waals surface area contributed by atoms with E-state index in [0.717, 1.165) is 0 Å². The predicted molar refractivity (Wildman–Crippen MR) is 58.8 cm³/mol. The Bertz CT molecular complexity index is 276. The van der Waals surface area contributed by atoms with Crippen LogP contribution in [0.25, 0.3) is 0 Å². The van der Waals surface area contributed by atoms with Crippen molar-refractivity contribution in [1.82, 2.24) is 0 Å². The van der Waals surface area contributed by atoms with E-state index in [1.165, 1.54) is 17.0 Å². The first-order chi connectivity index (χ1) is 5.91. The van der Waals surface area contributed by atoms with Gasteiger partial charge in [0.1, 0.15) is 0 Å². The number of benzene rings is 1.